The number of aliphatic hydroxyl groups is 1. The van der Waals surface area contributed by atoms with Crippen molar-refractivity contribution in [1.82, 2.24) is 19.3 Å². The van der Waals surface area contributed by atoms with Crippen LogP contribution in [0, 0.1) is 0 Å². The Bertz CT molecular complexity index is 500. The summed E-state index contributed by atoms with van der Waals surface area (Å²) in [5, 5.41) is 14.5. The summed E-state index contributed by atoms with van der Waals surface area (Å²) < 4.78 is 3.66. The quantitative estimate of drug-likeness (QED) is 0.858. The molecule has 0 saturated heterocycles. The van der Waals surface area contributed by atoms with Gasteiger partial charge < -0.3 is 9.67 Å². The Morgan fingerprint density at radius 3 is 2.71 bits per heavy atom. The van der Waals surface area contributed by atoms with Crippen LogP contribution in [0.3, 0.4) is 0 Å². The summed E-state index contributed by atoms with van der Waals surface area (Å²) >= 11 is 0. The highest BCUT2D eigenvalue weighted by Gasteiger charge is 2.15. The van der Waals surface area contributed by atoms with E-state index in [0.29, 0.717) is 12.2 Å². The molecule has 0 aromatic carbocycles. The lowest BCUT2D eigenvalue weighted by Gasteiger charge is -2.10. The standard InChI is InChI=1S/C12H18N4O/c1-4-9-7-10(16(3)14-9)8-11(17)12-13-5-6-15(12)2/h5-7,11,17H,4,8H2,1-3H3. The maximum atomic E-state index is 10.1. The molecule has 1 atom stereocenters. The third kappa shape index (κ3) is 2.39. The molecule has 2 rings (SSSR count). The van der Waals surface area contributed by atoms with Gasteiger partial charge in [-0.2, -0.15) is 5.10 Å². The van der Waals surface area contributed by atoms with Gasteiger partial charge >= 0.3 is 0 Å². The highest BCUT2D eigenvalue weighted by molar-refractivity contribution is 5.12. The first kappa shape index (κ1) is 11.9. The van der Waals surface area contributed by atoms with Gasteiger partial charge in [-0.25, -0.2) is 4.98 Å². The number of hydrogen-bond donors (Lipinski definition) is 1. The molecule has 2 aromatic heterocycles. The van der Waals surface area contributed by atoms with Crippen molar-refractivity contribution in [2.75, 3.05) is 0 Å². The molecule has 0 aliphatic heterocycles. The van der Waals surface area contributed by atoms with Crippen molar-refractivity contribution in [3.63, 3.8) is 0 Å². The molecular weight excluding hydrogens is 216 g/mol. The Morgan fingerprint density at radius 2 is 2.18 bits per heavy atom. The first-order valence-corrected chi connectivity index (χ1v) is 5.79. The molecule has 0 amide bonds. The van der Waals surface area contributed by atoms with Gasteiger partial charge in [0.2, 0.25) is 0 Å². The van der Waals surface area contributed by atoms with E-state index in [1.807, 2.05) is 35.6 Å². The molecule has 5 heteroatoms. The molecule has 0 spiro atoms. The van der Waals surface area contributed by atoms with E-state index in [1.54, 1.807) is 6.20 Å². The van der Waals surface area contributed by atoms with E-state index >= 15 is 0 Å². The molecule has 1 N–H and O–H groups in total. The summed E-state index contributed by atoms with van der Waals surface area (Å²) in [7, 11) is 3.78. The summed E-state index contributed by atoms with van der Waals surface area (Å²) in [4.78, 5) is 4.15. The average Bonchev–Trinajstić information content (AvgIpc) is 2.86. The molecule has 92 valence electrons. The third-order valence-electron chi connectivity index (χ3n) is 2.95. The van der Waals surface area contributed by atoms with Gasteiger partial charge in [0.25, 0.3) is 0 Å². The third-order valence-corrected chi connectivity index (χ3v) is 2.95. The van der Waals surface area contributed by atoms with E-state index in [2.05, 4.69) is 17.0 Å². The smallest absolute Gasteiger partial charge is 0.137 e. The van der Waals surface area contributed by atoms with Crippen LogP contribution >= 0.6 is 0 Å². The fraction of sp³-hybridized carbons (Fsp3) is 0.500. The second-order valence-corrected chi connectivity index (χ2v) is 4.22. The minimum Gasteiger partial charge on any atom is -0.385 e. The van der Waals surface area contributed by atoms with Crippen molar-refractivity contribution in [2.45, 2.75) is 25.9 Å². The number of aromatic nitrogens is 4. The zero-order valence-electron chi connectivity index (χ0n) is 10.5. The van der Waals surface area contributed by atoms with Crippen LogP contribution in [0.1, 0.15) is 30.2 Å². The van der Waals surface area contributed by atoms with Crippen LogP contribution in [0.15, 0.2) is 18.5 Å². The van der Waals surface area contributed by atoms with E-state index in [1.165, 1.54) is 0 Å². The van der Waals surface area contributed by atoms with Gasteiger partial charge in [0.1, 0.15) is 11.9 Å². The Hall–Kier alpha value is -1.62. The van der Waals surface area contributed by atoms with E-state index in [9.17, 15) is 5.11 Å². The molecular formula is C12H18N4O. The Kier molecular flexibility index (Phi) is 3.28. The molecule has 0 aliphatic rings. The SMILES string of the molecule is CCc1cc(CC(O)c2nccn2C)n(C)n1. The van der Waals surface area contributed by atoms with Gasteiger partial charge in [-0.05, 0) is 12.5 Å². The lowest BCUT2D eigenvalue weighted by atomic mass is 10.1. The minimum absolute atomic E-state index is 0.536. The van der Waals surface area contributed by atoms with Crippen LogP contribution in [0.25, 0.3) is 0 Å². The lowest BCUT2D eigenvalue weighted by molar-refractivity contribution is 0.162. The summed E-state index contributed by atoms with van der Waals surface area (Å²) in [6.07, 6.45) is 4.38. The Labute approximate surface area is 101 Å². The molecule has 2 heterocycles. The van der Waals surface area contributed by atoms with Crippen LogP contribution in [-0.4, -0.2) is 24.4 Å². The van der Waals surface area contributed by atoms with Crippen molar-refractivity contribution in [2.24, 2.45) is 14.1 Å². The first-order valence-electron chi connectivity index (χ1n) is 5.79. The van der Waals surface area contributed by atoms with E-state index in [0.717, 1.165) is 17.8 Å². The predicted molar refractivity (Wildman–Crippen MR) is 64.5 cm³/mol. The van der Waals surface area contributed by atoms with Gasteiger partial charge in [-0.15, -0.1) is 0 Å². The minimum atomic E-state index is -0.588. The highest BCUT2D eigenvalue weighted by atomic mass is 16.3. The van der Waals surface area contributed by atoms with Crippen molar-refractivity contribution in [3.05, 3.63) is 35.7 Å². The van der Waals surface area contributed by atoms with Gasteiger partial charge in [-0.3, -0.25) is 4.68 Å². The molecule has 0 saturated carbocycles. The molecule has 0 aliphatic carbocycles. The topological polar surface area (TPSA) is 55.9 Å². The summed E-state index contributed by atoms with van der Waals surface area (Å²) in [5.41, 5.74) is 2.08. The number of rotatable bonds is 4. The van der Waals surface area contributed by atoms with Crippen LogP contribution < -0.4 is 0 Å². The van der Waals surface area contributed by atoms with Crippen molar-refractivity contribution in [1.29, 1.82) is 0 Å². The van der Waals surface area contributed by atoms with E-state index in [-0.39, 0.29) is 0 Å². The normalized spacial score (nSPS) is 12.9. The number of aryl methyl sites for hydroxylation is 3. The number of aliphatic hydroxyl groups excluding tert-OH is 1. The Balaban J connectivity index is 2.15. The number of nitrogens with zero attached hydrogens (tertiary/aromatic N) is 4. The fourth-order valence-electron chi connectivity index (χ4n) is 1.92. The average molecular weight is 234 g/mol. The van der Waals surface area contributed by atoms with Gasteiger partial charge in [-0.1, -0.05) is 6.92 Å². The molecule has 5 nitrogen and oxygen atoms in total. The summed E-state index contributed by atoms with van der Waals surface area (Å²) in [6.45, 7) is 2.07. The fourth-order valence-corrected chi connectivity index (χ4v) is 1.92. The van der Waals surface area contributed by atoms with Crippen molar-refractivity contribution < 1.29 is 5.11 Å². The van der Waals surface area contributed by atoms with Crippen LogP contribution in [0.4, 0.5) is 0 Å². The second-order valence-electron chi connectivity index (χ2n) is 4.22. The van der Waals surface area contributed by atoms with Crippen molar-refractivity contribution in [3.8, 4) is 0 Å². The largest absolute Gasteiger partial charge is 0.385 e. The predicted octanol–water partition coefficient (Wildman–Crippen LogP) is 0.992. The van der Waals surface area contributed by atoms with Crippen LogP contribution in [0.2, 0.25) is 0 Å². The zero-order valence-corrected chi connectivity index (χ0v) is 10.5. The number of imidazole rings is 1. The molecule has 2 aromatic rings. The van der Waals surface area contributed by atoms with E-state index < -0.39 is 6.10 Å². The first-order chi connectivity index (χ1) is 8.11. The maximum absolute atomic E-state index is 10.1. The van der Waals surface area contributed by atoms with Gasteiger partial charge in [0, 0.05) is 38.6 Å². The maximum Gasteiger partial charge on any atom is 0.137 e. The van der Waals surface area contributed by atoms with Crippen molar-refractivity contribution >= 4 is 0 Å². The molecule has 17 heavy (non-hydrogen) atoms. The van der Waals surface area contributed by atoms with Gasteiger partial charge in [0.05, 0.1) is 5.69 Å². The lowest BCUT2D eigenvalue weighted by Crippen LogP contribution is -2.10. The van der Waals surface area contributed by atoms with Gasteiger partial charge in [0.15, 0.2) is 0 Å². The number of hydrogen-bond acceptors (Lipinski definition) is 3. The molecule has 1 unspecified atom stereocenters. The highest BCUT2D eigenvalue weighted by Crippen LogP contribution is 2.16. The molecule has 0 bridgehead atoms. The monoisotopic (exact) mass is 234 g/mol. The molecule has 0 fully saturated rings. The summed E-state index contributed by atoms with van der Waals surface area (Å²) in [5.74, 6) is 0.684. The second kappa shape index (κ2) is 4.71. The van der Waals surface area contributed by atoms with Crippen LogP contribution in [-0.2, 0) is 26.9 Å². The Morgan fingerprint density at radius 1 is 1.41 bits per heavy atom. The summed E-state index contributed by atoms with van der Waals surface area (Å²) in [6, 6.07) is 2.03. The van der Waals surface area contributed by atoms with E-state index in [4.69, 9.17) is 0 Å². The van der Waals surface area contributed by atoms with Crippen LogP contribution in [0.5, 0.6) is 0 Å². The zero-order chi connectivity index (χ0) is 12.4. The molecule has 0 radical (unpaired) electrons.